The lowest BCUT2D eigenvalue weighted by Crippen LogP contribution is -2.40. The van der Waals surface area contributed by atoms with E-state index in [1.165, 1.54) is 16.4 Å². The first-order chi connectivity index (χ1) is 13.3. The summed E-state index contributed by atoms with van der Waals surface area (Å²) in [5.74, 6) is -1.13. The van der Waals surface area contributed by atoms with E-state index in [4.69, 9.17) is 9.47 Å². The van der Waals surface area contributed by atoms with Crippen LogP contribution in [0.25, 0.3) is 0 Å². The van der Waals surface area contributed by atoms with E-state index in [1.807, 2.05) is 13.8 Å². The van der Waals surface area contributed by atoms with E-state index in [2.05, 4.69) is 5.32 Å². The van der Waals surface area contributed by atoms with Gasteiger partial charge in [-0.15, -0.1) is 0 Å². The molecule has 2 rings (SSSR count). The SMILES string of the molecule is CCC[C@H](C)NC(=O)COC(=O)c1ccc(C)c(S(=O)(=O)N2CCOCC2)c1. The number of carbonyl (C=O) groups excluding carboxylic acids is 2. The topological polar surface area (TPSA) is 102 Å². The predicted octanol–water partition coefficient (Wildman–Crippen LogP) is 1.48. The van der Waals surface area contributed by atoms with Gasteiger partial charge in [0.05, 0.1) is 23.7 Å². The summed E-state index contributed by atoms with van der Waals surface area (Å²) in [5.41, 5.74) is 0.626. The normalized spacial score (nSPS) is 16.4. The second kappa shape index (κ2) is 9.99. The highest BCUT2D eigenvalue weighted by atomic mass is 32.2. The van der Waals surface area contributed by atoms with Gasteiger partial charge >= 0.3 is 5.97 Å². The van der Waals surface area contributed by atoms with Gasteiger partial charge in [0, 0.05) is 19.1 Å². The van der Waals surface area contributed by atoms with Gasteiger partial charge in [-0.05, 0) is 38.0 Å². The maximum absolute atomic E-state index is 12.9. The Morgan fingerprint density at radius 2 is 1.96 bits per heavy atom. The van der Waals surface area contributed by atoms with Crippen molar-refractivity contribution in [2.45, 2.75) is 44.6 Å². The number of nitrogens with zero attached hydrogens (tertiary/aromatic N) is 1. The molecule has 1 fully saturated rings. The number of ether oxygens (including phenoxy) is 2. The number of rotatable bonds is 8. The maximum Gasteiger partial charge on any atom is 0.338 e. The quantitative estimate of drug-likeness (QED) is 0.649. The van der Waals surface area contributed by atoms with E-state index < -0.39 is 22.6 Å². The Bertz CT molecular complexity index is 803. The van der Waals surface area contributed by atoms with Crippen molar-refractivity contribution in [3.8, 4) is 0 Å². The summed E-state index contributed by atoms with van der Waals surface area (Å²) >= 11 is 0. The molecule has 156 valence electrons. The van der Waals surface area contributed by atoms with Gasteiger partial charge in [0.1, 0.15) is 0 Å². The summed E-state index contributed by atoms with van der Waals surface area (Å²) in [6.07, 6.45) is 1.77. The number of hydrogen-bond donors (Lipinski definition) is 1. The highest BCUT2D eigenvalue weighted by molar-refractivity contribution is 7.89. The third-order valence-corrected chi connectivity index (χ3v) is 6.52. The van der Waals surface area contributed by atoms with E-state index in [9.17, 15) is 18.0 Å². The van der Waals surface area contributed by atoms with Crippen molar-refractivity contribution in [3.05, 3.63) is 29.3 Å². The molecule has 0 saturated carbocycles. The number of nitrogens with one attached hydrogen (secondary N) is 1. The van der Waals surface area contributed by atoms with E-state index in [-0.39, 0.29) is 35.5 Å². The van der Waals surface area contributed by atoms with E-state index in [0.29, 0.717) is 18.8 Å². The van der Waals surface area contributed by atoms with Crippen LogP contribution in [-0.2, 0) is 24.3 Å². The minimum absolute atomic E-state index is 0.000782. The summed E-state index contributed by atoms with van der Waals surface area (Å²) in [7, 11) is -3.74. The van der Waals surface area contributed by atoms with Crippen LogP contribution in [0.3, 0.4) is 0 Å². The van der Waals surface area contributed by atoms with Crippen LogP contribution in [-0.4, -0.2) is 63.6 Å². The lowest BCUT2D eigenvalue weighted by Gasteiger charge is -2.26. The number of sulfonamides is 1. The van der Waals surface area contributed by atoms with Crippen LogP contribution in [0.2, 0.25) is 0 Å². The molecule has 0 spiro atoms. The van der Waals surface area contributed by atoms with Crippen molar-refractivity contribution in [2.24, 2.45) is 0 Å². The fraction of sp³-hybridized carbons (Fsp3) is 0.579. The van der Waals surface area contributed by atoms with Crippen LogP contribution >= 0.6 is 0 Å². The molecule has 0 unspecified atom stereocenters. The number of esters is 1. The molecule has 0 aromatic heterocycles. The Morgan fingerprint density at radius 3 is 2.61 bits per heavy atom. The van der Waals surface area contributed by atoms with Gasteiger partial charge in [-0.2, -0.15) is 4.31 Å². The van der Waals surface area contributed by atoms with Gasteiger partial charge in [-0.3, -0.25) is 4.79 Å². The molecule has 1 saturated heterocycles. The summed E-state index contributed by atoms with van der Waals surface area (Å²) in [4.78, 5) is 24.2. The summed E-state index contributed by atoms with van der Waals surface area (Å²) in [5, 5.41) is 2.74. The van der Waals surface area contributed by atoms with Gasteiger partial charge in [0.15, 0.2) is 6.61 Å². The highest BCUT2D eigenvalue weighted by Gasteiger charge is 2.28. The zero-order valence-electron chi connectivity index (χ0n) is 16.6. The first-order valence-corrected chi connectivity index (χ1v) is 10.8. The molecule has 1 amide bonds. The summed E-state index contributed by atoms with van der Waals surface area (Å²) < 4.78 is 37.4. The van der Waals surface area contributed by atoms with Gasteiger partial charge in [-0.25, -0.2) is 13.2 Å². The number of carbonyl (C=O) groups is 2. The molecule has 1 N–H and O–H groups in total. The standard InChI is InChI=1S/C19H28N2O6S/c1-4-5-15(3)20-18(22)13-27-19(23)16-7-6-14(2)17(12-16)28(24,25)21-8-10-26-11-9-21/h6-7,12,15H,4-5,8-11,13H2,1-3H3,(H,20,22)/t15-/m0/s1. The van der Waals surface area contributed by atoms with Crippen molar-refractivity contribution < 1.29 is 27.5 Å². The van der Waals surface area contributed by atoms with E-state index in [1.54, 1.807) is 13.0 Å². The molecular weight excluding hydrogens is 384 g/mol. The molecule has 28 heavy (non-hydrogen) atoms. The van der Waals surface area contributed by atoms with Crippen LogP contribution < -0.4 is 5.32 Å². The average Bonchev–Trinajstić information content (AvgIpc) is 2.67. The number of aryl methyl sites for hydroxylation is 1. The van der Waals surface area contributed by atoms with Crippen molar-refractivity contribution in [1.82, 2.24) is 9.62 Å². The zero-order chi connectivity index (χ0) is 20.7. The highest BCUT2D eigenvalue weighted by Crippen LogP contribution is 2.22. The second-order valence-electron chi connectivity index (χ2n) is 6.83. The average molecular weight is 413 g/mol. The molecule has 1 aliphatic rings. The summed E-state index contributed by atoms with van der Waals surface area (Å²) in [6, 6.07) is 4.36. The molecule has 1 aliphatic heterocycles. The monoisotopic (exact) mass is 412 g/mol. The molecule has 0 aliphatic carbocycles. The molecular formula is C19H28N2O6S. The number of benzene rings is 1. The van der Waals surface area contributed by atoms with Crippen molar-refractivity contribution in [3.63, 3.8) is 0 Å². The van der Waals surface area contributed by atoms with Crippen LogP contribution in [0.1, 0.15) is 42.6 Å². The molecule has 1 atom stereocenters. The van der Waals surface area contributed by atoms with E-state index in [0.717, 1.165) is 12.8 Å². The Hall–Kier alpha value is -1.97. The molecule has 9 heteroatoms. The van der Waals surface area contributed by atoms with E-state index >= 15 is 0 Å². The molecule has 1 heterocycles. The number of morpholine rings is 1. The van der Waals surface area contributed by atoms with Crippen molar-refractivity contribution >= 4 is 21.9 Å². The number of amides is 1. The number of hydrogen-bond acceptors (Lipinski definition) is 6. The zero-order valence-corrected chi connectivity index (χ0v) is 17.4. The molecule has 8 nitrogen and oxygen atoms in total. The fourth-order valence-electron chi connectivity index (χ4n) is 2.97. The lowest BCUT2D eigenvalue weighted by atomic mass is 10.1. The first kappa shape index (κ1) is 22.3. The third-order valence-electron chi connectivity index (χ3n) is 4.48. The predicted molar refractivity (Wildman–Crippen MR) is 104 cm³/mol. The Balaban J connectivity index is 2.07. The Labute approximate surface area is 166 Å². The summed E-state index contributed by atoms with van der Waals surface area (Å²) in [6.45, 7) is 6.38. The Morgan fingerprint density at radius 1 is 1.29 bits per heavy atom. The van der Waals surface area contributed by atoms with Crippen LogP contribution in [0, 0.1) is 6.92 Å². The Kier molecular flexibility index (Phi) is 7.97. The minimum atomic E-state index is -3.74. The maximum atomic E-state index is 12.9. The van der Waals surface area contributed by atoms with Crippen molar-refractivity contribution in [2.75, 3.05) is 32.9 Å². The third kappa shape index (κ3) is 5.76. The smallest absolute Gasteiger partial charge is 0.338 e. The van der Waals surface area contributed by atoms with Crippen LogP contribution in [0.15, 0.2) is 23.1 Å². The minimum Gasteiger partial charge on any atom is -0.452 e. The molecule has 0 radical (unpaired) electrons. The first-order valence-electron chi connectivity index (χ1n) is 9.40. The van der Waals surface area contributed by atoms with Gasteiger partial charge in [-0.1, -0.05) is 19.4 Å². The van der Waals surface area contributed by atoms with Gasteiger partial charge in [0.25, 0.3) is 5.91 Å². The second-order valence-corrected chi connectivity index (χ2v) is 8.74. The molecule has 1 aromatic rings. The molecule has 1 aromatic carbocycles. The lowest BCUT2D eigenvalue weighted by molar-refractivity contribution is -0.124. The molecule has 0 bridgehead atoms. The van der Waals surface area contributed by atoms with Gasteiger partial charge in [0.2, 0.25) is 10.0 Å². The van der Waals surface area contributed by atoms with Gasteiger partial charge < -0.3 is 14.8 Å². The fourth-order valence-corrected chi connectivity index (χ4v) is 4.63. The van der Waals surface area contributed by atoms with Crippen LogP contribution in [0.5, 0.6) is 0 Å². The largest absolute Gasteiger partial charge is 0.452 e. The van der Waals surface area contributed by atoms with Crippen molar-refractivity contribution in [1.29, 1.82) is 0 Å². The van der Waals surface area contributed by atoms with Crippen LogP contribution in [0.4, 0.5) is 0 Å².